The third kappa shape index (κ3) is 11.0. The van der Waals surface area contributed by atoms with Crippen LogP contribution in [0.3, 0.4) is 0 Å². The fraction of sp³-hybridized carbons (Fsp3) is 0.889. The van der Waals surface area contributed by atoms with E-state index in [0.29, 0.717) is 29.2 Å². The van der Waals surface area contributed by atoms with Gasteiger partial charge in [0, 0.05) is 5.75 Å². The van der Waals surface area contributed by atoms with Gasteiger partial charge in [-0.15, -0.1) is 0 Å². The van der Waals surface area contributed by atoms with Crippen LogP contribution in [0.1, 0.15) is 79.1 Å². The van der Waals surface area contributed by atoms with Crippen molar-refractivity contribution < 1.29 is 9.63 Å². The largest absolute Gasteiger partial charge is 0.343 e. The molecule has 0 aliphatic rings. The summed E-state index contributed by atoms with van der Waals surface area (Å²) in [4.78, 5) is 16.0. The Kier molecular flexibility index (Phi) is 15.1. The lowest BCUT2D eigenvalue weighted by Crippen LogP contribution is -2.33. The Hall–Kier alpha value is -0.290. The lowest BCUT2D eigenvalue weighted by atomic mass is 9.99. The molecule has 0 N–H and O–H groups in total. The summed E-state index contributed by atoms with van der Waals surface area (Å²) in [5.41, 5.74) is 0. The van der Waals surface area contributed by atoms with E-state index in [2.05, 4.69) is 27.7 Å². The van der Waals surface area contributed by atoms with E-state index in [0.717, 1.165) is 18.6 Å². The minimum atomic E-state index is 0.494. The van der Waals surface area contributed by atoms with Crippen molar-refractivity contribution in [2.24, 2.45) is 11.8 Å². The van der Waals surface area contributed by atoms with Crippen molar-refractivity contribution in [3.05, 3.63) is 0 Å². The number of nitrogens with zero attached hydrogens (tertiary/aromatic N) is 1. The predicted molar refractivity (Wildman–Crippen MR) is 106 cm³/mol. The molecule has 0 aliphatic heterocycles. The maximum atomic E-state index is 10.8. The van der Waals surface area contributed by atoms with Gasteiger partial charge >= 0.3 is 6.47 Å². The fourth-order valence-corrected chi connectivity index (χ4v) is 3.89. The highest BCUT2D eigenvalue weighted by Gasteiger charge is 2.18. The van der Waals surface area contributed by atoms with Gasteiger partial charge in [0.15, 0.2) is 4.32 Å². The van der Waals surface area contributed by atoms with Crippen molar-refractivity contribution in [2.75, 3.05) is 12.3 Å². The zero-order chi connectivity index (χ0) is 17.5. The summed E-state index contributed by atoms with van der Waals surface area (Å²) in [6.45, 7) is 10.1. The Balaban J connectivity index is 4.44. The second-order valence-electron chi connectivity index (χ2n) is 6.17. The molecule has 0 aromatic heterocycles. The minimum Gasteiger partial charge on any atom is -0.343 e. The molecule has 0 fully saturated rings. The topological polar surface area (TPSA) is 29.5 Å². The predicted octanol–water partition coefficient (Wildman–Crippen LogP) is 5.83. The molecule has 0 bridgehead atoms. The lowest BCUT2D eigenvalue weighted by molar-refractivity contribution is -0.156. The van der Waals surface area contributed by atoms with Gasteiger partial charge in [-0.05, 0) is 36.9 Å². The number of carbonyl (C=O) groups excluding carboxylic acids is 1. The minimum absolute atomic E-state index is 0.494. The number of hydrogen-bond donors (Lipinski definition) is 0. The highest BCUT2D eigenvalue weighted by atomic mass is 32.2. The lowest BCUT2D eigenvalue weighted by Gasteiger charge is -2.26. The molecular weight excluding hydrogens is 326 g/mol. The van der Waals surface area contributed by atoms with Crippen LogP contribution in [0.25, 0.3) is 0 Å². The smallest absolute Gasteiger partial charge is 0.320 e. The summed E-state index contributed by atoms with van der Waals surface area (Å²) >= 11 is 7.16. The Morgan fingerprint density at radius 2 is 1.65 bits per heavy atom. The van der Waals surface area contributed by atoms with Crippen LogP contribution in [-0.4, -0.2) is 28.2 Å². The maximum Gasteiger partial charge on any atom is 0.320 e. The summed E-state index contributed by atoms with van der Waals surface area (Å²) in [6, 6.07) is 0. The Morgan fingerprint density at radius 1 is 1.09 bits per heavy atom. The molecule has 3 nitrogen and oxygen atoms in total. The van der Waals surface area contributed by atoms with Gasteiger partial charge in [0.05, 0.1) is 6.54 Å². The van der Waals surface area contributed by atoms with E-state index in [1.807, 2.05) is 0 Å². The first kappa shape index (κ1) is 22.7. The second-order valence-corrected chi connectivity index (χ2v) is 7.83. The van der Waals surface area contributed by atoms with Gasteiger partial charge in [-0.1, -0.05) is 78.0 Å². The normalized spacial score (nSPS) is 13.4. The van der Waals surface area contributed by atoms with Crippen LogP contribution in [0.15, 0.2) is 0 Å². The van der Waals surface area contributed by atoms with E-state index in [4.69, 9.17) is 17.1 Å². The average Bonchev–Trinajstić information content (AvgIpc) is 2.57. The third-order valence-electron chi connectivity index (χ3n) is 4.33. The summed E-state index contributed by atoms with van der Waals surface area (Å²) < 4.78 is 0.696. The molecule has 0 aromatic carbocycles. The fourth-order valence-electron chi connectivity index (χ4n) is 2.52. The molecule has 0 saturated heterocycles. The molecule has 23 heavy (non-hydrogen) atoms. The van der Waals surface area contributed by atoms with Gasteiger partial charge in [0.1, 0.15) is 0 Å². The van der Waals surface area contributed by atoms with E-state index in [1.165, 1.54) is 38.5 Å². The van der Waals surface area contributed by atoms with Gasteiger partial charge < -0.3 is 4.84 Å². The standard InChI is InChI=1S/C18H35NO2S2/c1-5-9-11-16(7-3)13-19(21-15-20)18(22)23-14-17(8-4)12-10-6-2/h15-17H,5-14H2,1-4H3. The van der Waals surface area contributed by atoms with E-state index in [1.54, 1.807) is 16.8 Å². The molecule has 136 valence electrons. The number of hydroxylamine groups is 2. The highest BCUT2D eigenvalue weighted by Crippen LogP contribution is 2.23. The molecule has 5 heteroatoms. The van der Waals surface area contributed by atoms with Crippen LogP contribution in [-0.2, 0) is 9.63 Å². The first-order valence-corrected chi connectivity index (χ1v) is 10.6. The molecule has 0 rings (SSSR count). The van der Waals surface area contributed by atoms with Crippen molar-refractivity contribution in [3.8, 4) is 0 Å². The molecule has 0 radical (unpaired) electrons. The van der Waals surface area contributed by atoms with Crippen LogP contribution in [0.2, 0.25) is 0 Å². The molecule has 0 heterocycles. The summed E-state index contributed by atoms with van der Waals surface area (Å²) in [6.07, 6.45) is 9.59. The molecule has 0 amide bonds. The molecule has 2 unspecified atom stereocenters. The van der Waals surface area contributed by atoms with Gasteiger partial charge in [-0.3, -0.25) is 4.79 Å². The number of thiocarbonyl (C=S) groups is 1. The summed E-state index contributed by atoms with van der Waals surface area (Å²) in [5.74, 6) is 2.23. The Bertz CT molecular complexity index is 313. The Morgan fingerprint density at radius 3 is 2.13 bits per heavy atom. The number of hydrogen-bond acceptors (Lipinski definition) is 4. The van der Waals surface area contributed by atoms with E-state index < -0.39 is 0 Å². The number of thioether (sulfide) groups is 1. The van der Waals surface area contributed by atoms with Crippen LogP contribution < -0.4 is 0 Å². The molecule has 0 spiro atoms. The zero-order valence-corrected chi connectivity index (χ0v) is 17.0. The van der Waals surface area contributed by atoms with Gasteiger partial charge in [-0.25, -0.2) is 0 Å². The van der Waals surface area contributed by atoms with E-state index >= 15 is 0 Å². The monoisotopic (exact) mass is 361 g/mol. The van der Waals surface area contributed by atoms with Gasteiger partial charge in [-0.2, -0.15) is 5.06 Å². The van der Waals surface area contributed by atoms with E-state index in [-0.39, 0.29) is 0 Å². The van der Waals surface area contributed by atoms with Crippen molar-refractivity contribution >= 4 is 34.8 Å². The molecule has 2 atom stereocenters. The molecule has 0 aliphatic carbocycles. The number of unbranched alkanes of at least 4 members (excludes halogenated alkanes) is 2. The van der Waals surface area contributed by atoms with Crippen LogP contribution in [0, 0.1) is 11.8 Å². The molecule has 0 saturated carbocycles. The van der Waals surface area contributed by atoms with Crippen LogP contribution in [0.5, 0.6) is 0 Å². The quantitative estimate of drug-likeness (QED) is 0.221. The SMILES string of the molecule is CCCCC(CC)CSC(=S)N(CC(CC)CCCC)OC=O. The first-order valence-electron chi connectivity index (χ1n) is 9.17. The van der Waals surface area contributed by atoms with Gasteiger partial charge in [0.2, 0.25) is 0 Å². The van der Waals surface area contributed by atoms with Crippen molar-refractivity contribution in [3.63, 3.8) is 0 Å². The van der Waals surface area contributed by atoms with Crippen LogP contribution >= 0.6 is 24.0 Å². The Labute approximate surface area is 152 Å². The average molecular weight is 362 g/mol. The first-order chi connectivity index (χ1) is 11.1. The van der Waals surface area contributed by atoms with Crippen molar-refractivity contribution in [1.29, 1.82) is 0 Å². The number of carbonyl (C=O) groups is 1. The number of rotatable bonds is 14. The van der Waals surface area contributed by atoms with Gasteiger partial charge in [0.25, 0.3) is 0 Å². The summed E-state index contributed by atoms with van der Waals surface area (Å²) in [7, 11) is 0. The second kappa shape index (κ2) is 15.3. The van der Waals surface area contributed by atoms with E-state index in [9.17, 15) is 4.79 Å². The van der Waals surface area contributed by atoms with Crippen molar-refractivity contribution in [1.82, 2.24) is 5.06 Å². The maximum absolute atomic E-state index is 10.8. The van der Waals surface area contributed by atoms with Crippen LogP contribution in [0.4, 0.5) is 0 Å². The van der Waals surface area contributed by atoms with Crippen molar-refractivity contribution in [2.45, 2.75) is 79.1 Å². The highest BCUT2D eigenvalue weighted by molar-refractivity contribution is 8.22. The summed E-state index contributed by atoms with van der Waals surface area (Å²) in [5, 5.41) is 1.63. The third-order valence-corrected chi connectivity index (χ3v) is 5.97. The molecule has 0 aromatic rings. The molecular formula is C18H35NO2S2. The zero-order valence-electron chi connectivity index (χ0n) is 15.4.